The quantitative estimate of drug-likeness (QED) is 0.501. The van der Waals surface area contributed by atoms with Crippen LogP contribution in [0, 0.1) is 10.1 Å². The third-order valence-electron chi connectivity index (χ3n) is 4.76. The van der Waals surface area contributed by atoms with Crippen LogP contribution in [0.1, 0.15) is 11.3 Å². The number of para-hydroxylation sites is 1. The van der Waals surface area contributed by atoms with Gasteiger partial charge in [-0.2, -0.15) is 0 Å². The minimum absolute atomic E-state index is 0.0874. The highest BCUT2D eigenvalue weighted by Gasteiger charge is 2.16. The first-order valence-corrected chi connectivity index (χ1v) is 9.17. The van der Waals surface area contributed by atoms with E-state index in [4.69, 9.17) is 4.74 Å². The smallest absolute Gasteiger partial charge is 0.269 e. The molecule has 1 fully saturated rings. The molecule has 1 aromatic heterocycles. The van der Waals surface area contributed by atoms with Gasteiger partial charge < -0.3 is 9.64 Å². The first kappa shape index (κ1) is 18.1. The Kier molecular flexibility index (Phi) is 5.25. The predicted octanol–water partition coefficient (Wildman–Crippen LogP) is 3.48. The fourth-order valence-electron chi connectivity index (χ4n) is 3.40. The number of ether oxygens (including phenoxy) is 1. The third-order valence-corrected chi connectivity index (χ3v) is 4.76. The van der Waals surface area contributed by atoms with Crippen LogP contribution in [0.3, 0.4) is 0 Å². The van der Waals surface area contributed by atoms with Crippen LogP contribution in [0.5, 0.6) is 0 Å². The molecule has 0 spiro atoms. The number of non-ortho nitro benzene ring substituents is 1. The first-order valence-electron chi connectivity index (χ1n) is 9.17. The monoisotopic (exact) mass is 376 g/mol. The van der Waals surface area contributed by atoms with Gasteiger partial charge in [-0.3, -0.25) is 10.1 Å². The predicted molar refractivity (Wildman–Crippen MR) is 106 cm³/mol. The standard InChI is InChI=1S/C21H20N4O3/c26-25(27)18-5-3-4-16(13-18)12-17-14-20(23-15-22-17)19-6-1-2-7-21(19)24-8-10-28-11-9-24/h1-7,13-15H,8-12H2. The lowest BCUT2D eigenvalue weighted by molar-refractivity contribution is -0.384. The van der Waals surface area contributed by atoms with Gasteiger partial charge in [0.1, 0.15) is 6.33 Å². The van der Waals surface area contributed by atoms with Crippen molar-refractivity contribution in [2.75, 3.05) is 31.2 Å². The van der Waals surface area contributed by atoms with Crippen LogP contribution >= 0.6 is 0 Å². The Bertz CT molecular complexity index is 987. The number of anilines is 1. The molecule has 0 radical (unpaired) electrons. The molecule has 28 heavy (non-hydrogen) atoms. The Morgan fingerprint density at radius 3 is 2.68 bits per heavy atom. The van der Waals surface area contributed by atoms with Crippen LogP contribution in [0.4, 0.5) is 11.4 Å². The van der Waals surface area contributed by atoms with Gasteiger partial charge in [-0.05, 0) is 17.7 Å². The molecule has 0 saturated carbocycles. The lowest BCUT2D eigenvalue weighted by Crippen LogP contribution is -2.36. The Morgan fingerprint density at radius 2 is 1.86 bits per heavy atom. The molecule has 0 unspecified atom stereocenters. The summed E-state index contributed by atoms with van der Waals surface area (Å²) in [5, 5.41) is 11.0. The molecule has 0 aliphatic carbocycles. The van der Waals surface area contributed by atoms with Crippen LogP contribution in [-0.2, 0) is 11.2 Å². The third kappa shape index (κ3) is 3.99. The second-order valence-corrected chi connectivity index (χ2v) is 6.61. The molecule has 0 N–H and O–H groups in total. The molecule has 3 aromatic rings. The van der Waals surface area contributed by atoms with Crippen molar-refractivity contribution in [2.24, 2.45) is 0 Å². The summed E-state index contributed by atoms with van der Waals surface area (Å²) >= 11 is 0. The molecule has 2 aromatic carbocycles. The number of nitro groups is 1. The molecule has 142 valence electrons. The zero-order valence-electron chi connectivity index (χ0n) is 15.3. The number of hydrogen-bond acceptors (Lipinski definition) is 6. The van der Waals surface area contributed by atoms with Crippen LogP contribution < -0.4 is 4.90 Å². The average Bonchev–Trinajstić information content (AvgIpc) is 2.75. The van der Waals surface area contributed by atoms with Gasteiger partial charge in [-0.1, -0.05) is 30.3 Å². The summed E-state index contributed by atoms with van der Waals surface area (Å²) in [6.45, 7) is 3.14. The van der Waals surface area contributed by atoms with E-state index >= 15 is 0 Å². The molecule has 0 amide bonds. The van der Waals surface area contributed by atoms with Crippen molar-refractivity contribution >= 4 is 11.4 Å². The van der Waals surface area contributed by atoms with E-state index in [0.717, 1.165) is 54.5 Å². The maximum absolute atomic E-state index is 11.0. The number of benzene rings is 2. The van der Waals surface area contributed by atoms with E-state index in [9.17, 15) is 10.1 Å². The van der Waals surface area contributed by atoms with E-state index in [2.05, 4.69) is 27.0 Å². The molecule has 7 nitrogen and oxygen atoms in total. The fourth-order valence-corrected chi connectivity index (χ4v) is 3.40. The van der Waals surface area contributed by atoms with E-state index in [-0.39, 0.29) is 10.6 Å². The SMILES string of the molecule is O=[N+]([O-])c1cccc(Cc2cc(-c3ccccc3N3CCOCC3)ncn2)c1. The van der Waals surface area contributed by atoms with E-state index in [1.54, 1.807) is 18.5 Å². The van der Waals surface area contributed by atoms with Gasteiger partial charge in [-0.15, -0.1) is 0 Å². The summed E-state index contributed by atoms with van der Waals surface area (Å²) in [4.78, 5) is 21.8. The van der Waals surface area contributed by atoms with Gasteiger partial charge in [0.25, 0.3) is 5.69 Å². The lowest BCUT2D eigenvalue weighted by atomic mass is 10.0. The first-order chi connectivity index (χ1) is 13.7. The van der Waals surface area contributed by atoms with Crippen molar-refractivity contribution < 1.29 is 9.66 Å². The van der Waals surface area contributed by atoms with Gasteiger partial charge >= 0.3 is 0 Å². The summed E-state index contributed by atoms with van der Waals surface area (Å²) in [5.74, 6) is 0. The number of nitrogens with zero attached hydrogens (tertiary/aromatic N) is 4. The Balaban J connectivity index is 1.63. The zero-order chi connectivity index (χ0) is 19.3. The Hall–Kier alpha value is -3.32. The summed E-state index contributed by atoms with van der Waals surface area (Å²) in [7, 11) is 0. The van der Waals surface area contributed by atoms with Gasteiger partial charge in [0.05, 0.1) is 23.8 Å². The number of rotatable bonds is 5. The van der Waals surface area contributed by atoms with Crippen LogP contribution in [0.25, 0.3) is 11.3 Å². The maximum Gasteiger partial charge on any atom is 0.269 e. The molecule has 7 heteroatoms. The van der Waals surface area contributed by atoms with Crippen molar-refractivity contribution in [2.45, 2.75) is 6.42 Å². The van der Waals surface area contributed by atoms with Crippen LogP contribution in [-0.4, -0.2) is 41.2 Å². The molecule has 2 heterocycles. The molecule has 0 atom stereocenters. The molecule has 1 aliphatic rings. The van der Waals surface area contributed by atoms with Crippen molar-refractivity contribution in [3.05, 3.63) is 82.3 Å². The maximum atomic E-state index is 11.0. The summed E-state index contributed by atoms with van der Waals surface area (Å²) in [6.07, 6.45) is 2.06. The summed E-state index contributed by atoms with van der Waals surface area (Å²) in [6, 6.07) is 16.8. The van der Waals surface area contributed by atoms with Gasteiger partial charge in [0.15, 0.2) is 0 Å². The van der Waals surface area contributed by atoms with Gasteiger partial charge in [-0.25, -0.2) is 9.97 Å². The van der Waals surface area contributed by atoms with E-state index in [0.29, 0.717) is 6.42 Å². The average molecular weight is 376 g/mol. The normalized spacial score (nSPS) is 14.1. The summed E-state index contributed by atoms with van der Waals surface area (Å²) in [5.41, 5.74) is 4.78. The Morgan fingerprint density at radius 1 is 1.04 bits per heavy atom. The highest BCUT2D eigenvalue weighted by Crippen LogP contribution is 2.30. The molecular weight excluding hydrogens is 356 g/mol. The second kappa shape index (κ2) is 8.14. The molecule has 4 rings (SSSR count). The minimum Gasteiger partial charge on any atom is -0.378 e. The number of nitro benzene ring substituents is 1. The number of hydrogen-bond donors (Lipinski definition) is 0. The fraction of sp³-hybridized carbons (Fsp3) is 0.238. The lowest BCUT2D eigenvalue weighted by Gasteiger charge is -2.30. The van der Waals surface area contributed by atoms with Gasteiger partial charge in [0.2, 0.25) is 0 Å². The number of morpholine rings is 1. The highest BCUT2D eigenvalue weighted by molar-refractivity contribution is 5.76. The second-order valence-electron chi connectivity index (χ2n) is 6.61. The van der Waals surface area contributed by atoms with Crippen molar-refractivity contribution in [3.8, 4) is 11.3 Å². The van der Waals surface area contributed by atoms with Crippen LogP contribution in [0.2, 0.25) is 0 Å². The van der Waals surface area contributed by atoms with E-state index in [1.807, 2.05) is 24.3 Å². The zero-order valence-corrected chi connectivity index (χ0v) is 15.3. The Labute approximate surface area is 162 Å². The van der Waals surface area contributed by atoms with Crippen molar-refractivity contribution in [3.63, 3.8) is 0 Å². The molecule has 0 bridgehead atoms. The molecule has 1 saturated heterocycles. The highest BCUT2D eigenvalue weighted by atomic mass is 16.6. The van der Waals surface area contributed by atoms with Crippen LogP contribution in [0.15, 0.2) is 60.9 Å². The number of aromatic nitrogens is 2. The largest absolute Gasteiger partial charge is 0.378 e. The molecule has 1 aliphatic heterocycles. The summed E-state index contributed by atoms with van der Waals surface area (Å²) < 4.78 is 5.46. The van der Waals surface area contributed by atoms with E-state index < -0.39 is 0 Å². The topological polar surface area (TPSA) is 81.4 Å². The van der Waals surface area contributed by atoms with Crippen molar-refractivity contribution in [1.29, 1.82) is 0 Å². The van der Waals surface area contributed by atoms with Gasteiger partial charge in [0, 0.05) is 48.6 Å². The minimum atomic E-state index is -0.381. The molecular formula is C21H20N4O3. The van der Waals surface area contributed by atoms with Crippen molar-refractivity contribution in [1.82, 2.24) is 9.97 Å². The van der Waals surface area contributed by atoms with E-state index in [1.165, 1.54) is 6.07 Å².